The number of carbonyl (C=O) groups excluding carboxylic acids is 3. The smallest absolute Gasteiger partial charge is 0.351 e. The van der Waals surface area contributed by atoms with Crippen molar-refractivity contribution in [2.75, 3.05) is 31.1 Å². The van der Waals surface area contributed by atoms with Crippen molar-refractivity contribution in [1.82, 2.24) is 15.5 Å². The van der Waals surface area contributed by atoms with Crippen molar-refractivity contribution < 1.29 is 36.0 Å². The standard InChI is InChI=1S/C14H20F3N3O5S/c15-14(16,17)13(23)20-4-1-9(2-5-20)12(22)18-7-11(21)19-10-3-6-26(24,25)8-10/h9-10H,1-8H2,(H,18,22)(H,19,21). The number of piperidine rings is 1. The van der Waals surface area contributed by atoms with E-state index in [2.05, 4.69) is 10.6 Å². The number of nitrogens with zero attached hydrogens (tertiary/aromatic N) is 1. The molecule has 1 unspecified atom stereocenters. The van der Waals surface area contributed by atoms with E-state index in [0.29, 0.717) is 11.3 Å². The number of likely N-dealkylation sites (tertiary alicyclic amines) is 1. The van der Waals surface area contributed by atoms with Crippen molar-refractivity contribution in [1.29, 1.82) is 0 Å². The van der Waals surface area contributed by atoms with E-state index in [0.717, 1.165) is 0 Å². The number of hydrogen-bond acceptors (Lipinski definition) is 5. The third kappa shape index (κ3) is 5.58. The zero-order valence-electron chi connectivity index (χ0n) is 13.8. The highest BCUT2D eigenvalue weighted by atomic mass is 32.2. The van der Waals surface area contributed by atoms with Gasteiger partial charge in [0.25, 0.3) is 0 Å². The highest BCUT2D eigenvalue weighted by Crippen LogP contribution is 2.23. The molecule has 26 heavy (non-hydrogen) atoms. The molecule has 3 amide bonds. The summed E-state index contributed by atoms with van der Waals surface area (Å²) >= 11 is 0. The molecule has 148 valence electrons. The molecule has 2 rings (SSSR count). The third-order valence-electron chi connectivity index (χ3n) is 4.42. The second-order valence-corrected chi connectivity index (χ2v) is 8.68. The molecule has 0 aromatic rings. The first-order valence-electron chi connectivity index (χ1n) is 8.11. The highest BCUT2D eigenvalue weighted by Gasteiger charge is 2.43. The maximum absolute atomic E-state index is 12.4. The summed E-state index contributed by atoms with van der Waals surface area (Å²) in [5, 5.41) is 4.92. The minimum atomic E-state index is -4.93. The first-order chi connectivity index (χ1) is 12.0. The lowest BCUT2D eigenvalue weighted by atomic mass is 9.96. The maximum Gasteiger partial charge on any atom is 0.471 e. The molecule has 2 N–H and O–H groups in total. The average Bonchev–Trinajstić information content (AvgIpc) is 2.89. The van der Waals surface area contributed by atoms with Crippen LogP contribution in [0.1, 0.15) is 19.3 Å². The number of amides is 3. The molecule has 12 heteroatoms. The zero-order valence-corrected chi connectivity index (χ0v) is 14.7. The second-order valence-electron chi connectivity index (χ2n) is 6.45. The second kappa shape index (κ2) is 7.80. The summed E-state index contributed by atoms with van der Waals surface area (Å²) in [7, 11) is -3.13. The summed E-state index contributed by atoms with van der Waals surface area (Å²) in [5.41, 5.74) is 0. The van der Waals surface area contributed by atoms with Crippen LogP contribution in [-0.4, -0.2) is 74.4 Å². The van der Waals surface area contributed by atoms with Gasteiger partial charge >= 0.3 is 12.1 Å². The lowest BCUT2D eigenvalue weighted by molar-refractivity contribution is -0.186. The van der Waals surface area contributed by atoms with Crippen LogP contribution in [0.2, 0.25) is 0 Å². The molecule has 0 saturated carbocycles. The van der Waals surface area contributed by atoms with Gasteiger partial charge in [0.1, 0.15) is 0 Å². The van der Waals surface area contributed by atoms with Gasteiger partial charge in [0.2, 0.25) is 11.8 Å². The summed E-state index contributed by atoms with van der Waals surface area (Å²) in [5.74, 6) is -3.60. The first kappa shape index (κ1) is 20.5. The van der Waals surface area contributed by atoms with Crippen LogP contribution in [0.3, 0.4) is 0 Å². The molecule has 2 aliphatic heterocycles. The van der Waals surface area contributed by atoms with Gasteiger partial charge in [-0.1, -0.05) is 0 Å². The molecule has 2 fully saturated rings. The molecule has 0 spiro atoms. The summed E-state index contributed by atoms with van der Waals surface area (Å²) in [6, 6.07) is -0.471. The van der Waals surface area contributed by atoms with Crippen molar-refractivity contribution in [3.05, 3.63) is 0 Å². The molecule has 0 aromatic heterocycles. The van der Waals surface area contributed by atoms with Crippen molar-refractivity contribution in [3.63, 3.8) is 0 Å². The molecule has 0 aliphatic carbocycles. The molecule has 8 nitrogen and oxygen atoms in total. The first-order valence-corrected chi connectivity index (χ1v) is 9.93. The van der Waals surface area contributed by atoms with Crippen LogP contribution < -0.4 is 10.6 Å². The van der Waals surface area contributed by atoms with E-state index in [1.54, 1.807) is 0 Å². The normalized spacial score (nSPS) is 23.5. The number of carbonyl (C=O) groups is 3. The Balaban J connectivity index is 1.71. The van der Waals surface area contributed by atoms with Crippen molar-refractivity contribution in [2.24, 2.45) is 5.92 Å². The Morgan fingerprint density at radius 3 is 2.19 bits per heavy atom. The van der Waals surface area contributed by atoms with Crippen LogP contribution in [0.15, 0.2) is 0 Å². The number of alkyl halides is 3. The summed E-state index contributed by atoms with van der Waals surface area (Å²) < 4.78 is 59.7. The molecular formula is C14H20F3N3O5S. The van der Waals surface area contributed by atoms with Gasteiger partial charge in [-0.15, -0.1) is 0 Å². The van der Waals surface area contributed by atoms with Crippen molar-refractivity contribution in [3.8, 4) is 0 Å². The Bertz CT molecular complexity index is 672. The average molecular weight is 399 g/mol. The van der Waals surface area contributed by atoms with E-state index in [1.165, 1.54) is 0 Å². The third-order valence-corrected chi connectivity index (χ3v) is 6.18. The Hall–Kier alpha value is -1.85. The van der Waals surface area contributed by atoms with Gasteiger partial charge < -0.3 is 15.5 Å². The van der Waals surface area contributed by atoms with E-state index in [9.17, 15) is 36.0 Å². The molecule has 0 aromatic carbocycles. The van der Waals surface area contributed by atoms with Gasteiger partial charge in [-0.2, -0.15) is 13.2 Å². The molecule has 2 heterocycles. The van der Waals surface area contributed by atoms with Gasteiger partial charge in [-0.3, -0.25) is 14.4 Å². The Kier molecular flexibility index (Phi) is 6.14. The summed E-state index contributed by atoms with van der Waals surface area (Å²) in [4.78, 5) is 35.5. The van der Waals surface area contributed by atoms with Gasteiger partial charge in [0, 0.05) is 25.0 Å². The summed E-state index contributed by atoms with van der Waals surface area (Å²) in [6.07, 6.45) is -4.44. The predicted octanol–water partition coefficient (Wildman–Crippen LogP) is -0.793. The van der Waals surface area contributed by atoms with E-state index in [-0.39, 0.29) is 44.0 Å². The van der Waals surface area contributed by atoms with E-state index < -0.39 is 45.7 Å². The fourth-order valence-corrected chi connectivity index (χ4v) is 4.70. The quantitative estimate of drug-likeness (QED) is 0.643. The molecule has 0 radical (unpaired) electrons. The minimum Gasteiger partial charge on any atom is -0.351 e. The van der Waals surface area contributed by atoms with Crippen LogP contribution in [0.4, 0.5) is 13.2 Å². The van der Waals surface area contributed by atoms with Crippen molar-refractivity contribution in [2.45, 2.75) is 31.5 Å². The van der Waals surface area contributed by atoms with Gasteiger partial charge in [0.05, 0.1) is 18.1 Å². The number of hydrogen-bond donors (Lipinski definition) is 2. The molecular weight excluding hydrogens is 379 g/mol. The van der Waals surface area contributed by atoms with Gasteiger partial charge in [-0.05, 0) is 19.3 Å². The monoisotopic (exact) mass is 399 g/mol. The van der Waals surface area contributed by atoms with Crippen molar-refractivity contribution >= 4 is 27.6 Å². The lowest BCUT2D eigenvalue weighted by Crippen LogP contribution is -2.48. The molecule has 2 aliphatic rings. The van der Waals surface area contributed by atoms with Crippen LogP contribution in [-0.2, 0) is 24.2 Å². The highest BCUT2D eigenvalue weighted by molar-refractivity contribution is 7.91. The largest absolute Gasteiger partial charge is 0.471 e. The van der Waals surface area contributed by atoms with E-state index in [4.69, 9.17) is 0 Å². The van der Waals surface area contributed by atoms with Gasteiger partial charge in [0.15, 0.2) is 9.84 Å². The molecule has 2 saturated heterocycles. The van der Waals surface area contributed by atoms with Crippen LogP contribution in [0.5, 0.6) is 0 Å². The van der Waals surface area contributed by atoms with Crippen LogP contribution in [0.25, 0.3) is 0 Å². The number of rotatable bonds is 4. The maximum atomic E-state index is 12.4. The predicted molar refractivity (Wildman–Crippen MR) is 83.6 cm³/mol. The lowest BCUT2D eigenvalue weighted by Gasteiger charge is -2.31. The SMILES string of the molecule is O=C(CNC(=O)C1CCN(C(=O)C(F)(F)F)CC1)NC1CCS(=O)(=O)C1. The van der Waals surface area contributed by atoms with E-state index >= 15 is 0 Å². The number of sulfone groups is 1. The van der Waals surface area contributed by atoms with Gasteiger partial charge in [-0.25, -0.2) is 8.42 Å². The number of nitrogens with one attached hydrogen (secondary N) is 2. The number of halogens is 3. The van der Waals surface area contributed by atoms with Crippen LogP contribution in [0, 0.1) is 5.92 Å². The van der Waals surface area contributed by atoms with Crippen LogP contribution >= 0.6 is 0 Å². The molecule has 0 bridgehead atoms. The fourth-order valence-electron chi connectivity index (χ4n) is 3.02. The fraction of sp³-hybridized carbons (Fsp3) is 0.786. The minimum absolute atomic E-state index is 0.0134. The molecule has 1 atom stereocenters. The Labute approximate surface area is 148 Å². The Morgan fingerprint density at radius 2 is 1.69 bits per heavy atom. The zero-order chi connectivity index (χ0) is 19.5. The Morgan fingerprint density at radius 1 is 1.08 bits per heavy atom. The van der Waals surface area contributed by atoms with E-state index in [1.807, 2.05) is 0 Å². The topological polar surface area (TPSA) is 113 Å². The summed E-state index contributed by atoms with van der Waals surface area (Å²) in [6.45, 7) is -0.692.